The number of carbonyl (C=O) groups is 1. The number of aromatic nitrogens is 1. The quantitative estimate of drug-likeness (QED) is 0.315. The number of fused-ring (bicyclic) bond motifs is 1. The van der Waals surface area contributed by atoms with Crippen LogP contribution in [0.3, 0.4) is 0 Å². The lowest BCUT2D eigenvalue weighted by atomic mass is 9.99. The van der Waals surface area contributed by atoms with Gasteiger partial charge >= 0.3 is 0 Å². The Labute approximate surface area is 194 Å². The van der Waals surface area contributed by atoms with Crippen molar-refractivity contribution in [2.75, 3.05) is 11.9 Å². The molecule has 0 bridgehead atoms. The Morgan fingerprint density at radius 3 is 2.33 bits per heavy atom. The van der Waals surface area contributed by atoms with Crippen molar-refractivity contribution in [3.05, 3.63) is 77.9 Å². The molecule has 0 unspecified atom stereocenters. The van der Waals surface area contributed by atoms with Crippen molar-refractivity contribution in [1.29, 1.82) is 0 Å². The molecule has 4 aromatic rings. The van der Waals surface area contributed by atoms with E-state index in [0.717, 1.165) is 12.0 Å². The number of benzene rings is 3. The highest BCUT2D eigenvalue weighted by atomic mass is 16.5. The number of carbonyl (C=O) groups excluding carboxylic acids is 1. The molecular formula is C28H30N2O3. The monoisotopic (exact) mass is 442 g/mol. The van der Waals surface area contributed by atoms with Crippen molar-refractivity contribution in [3.63, 3.8) is 0 Å². The fourth-order valence-electron chi connectivity index (χ4n) is 3.61. The first kappa shape index (κ1) is 22.6. The third-order valence-electron chi connectivity index (χ3n) is 5.93. The molecule has 1 heterocycles. The number of nitrogens with one attached hydrogen (secondary N) is 1. The highest BCUT2D eigenvalue weighted by Crippen LogP contribution is 2.27. The lowest BCUT2D eigenvalue weighted by Gasteiger charge is -2.11. The molecule has 1 aromatic heterocycles. The second-order valence-electron chi connectivity index (χ2n) is 8.69. The molecule has 0 fully saturated rings. The number of ether oxygens (including phenoxy) is 1. The first-order chi connectivity index (χ1) is 15.9. The maximum Gasteiger partial charge on any atom is 0.262 e. The zero-order valence-corrected chi connectivity index (χ0v) is 19.6. The number of hydrogen-bond acceptors (Lipinski definition) is 4. The average Bonchev–Trinajstić information content (AvgIpc) is 3.26. The zero-order chi connectivity index (χ0) is 23.4. The molecule has 170 valence electrons. The van der Waals surface area contributed by atoms with Crippen molar-refractivity contribution >= 4 is 22.7 Å². The van der Waals surface area contributed by atoms with Gasteiger partial charge in [0.05, 0.1) is 0 Å². The lowest BCUT2D eigenvalue weighted by Crippen LogP contribution is -2.20. The Balaban J connectivity index is 1.38. The molecule has 3 aromatic carbocycles. The standard InChI is InChI=1S/C28H30N2O3/c1-5-19(4)21-10-13-24(14-11-21)32-17-27(31)29-23-12-15-26-25(16-23)30-28(33-26)22-8-6-20(7-9-22)18(2)3/h6-16,18-19H,5,17H2,1-4H3,(H,29,31)/t19-/m0/s1. The highest BCUT2D eigenvalue weighted by molar-refractivity contribution is 5.94. The van der Waals surface area contributed by atoms with E-state index in [1.54, 1.807) is 6.07 Å². The lowest BCUT2D eigenvalue weighted by molar-refractivity contribution is -0.118. The zero-order valence-electron chi connectivity index (χ0n) is 19.6. The number of rotatable bonds is 8. The van der Waals surface area contributed by atoms with E-state index in [4.69, 9.17) is 9.15 Å². The van der Waals surface area contributed by atoms with Crippen LogP contribution in [0.25, 0.3) is 22.6 Å². The summed E-state index contributed by atoms with van der Waals surface area (Å²) >= 11 is 0. The molecule has 1 N–H and O–H groups in total. The Hall–Kier alpha value is -3.60. The van der Waals surface area contributed by atoms with E-state index in [1.165, 1.54) is 11.1 Å². The van der Waals surface area contributed by atoms with Gasteiger partial charge in [-0.2, -0.15) is 0 Å². The third-order valence-corrected chi connectivity index (χ3v) is 5.93. The summed E-state index contributed by atoms with van der Waals surface area (Å²) < 4.78 is 11.5. The molecular weight excluding hydrogens is 412 g/mol. The summed E-state index contributed by atoms with van der Waals surface area (Å²) in [6.07, 6.45) is 1.09. The first-order valence-electron chi connectivity index (χ1n) is 11.5. The van der Waals surface area contributed by atoms with Crippen molar-refractivity contribution in [1.82, 2.24) is 4.98 Å². The second kappa shape index (κ2) is 9.90. The van der Waals surface area contributed by atoms with E-state index in [2.05, 4.69) is 50.1 Å². The van der Waals surface area contributed by atoms with Crippen LogP contribution in [-0.4, -0.2) is 17.5 Å². The van der Waals surface area contributed by atoms with Crippen LogP contribution in [0.1, 0.15) is 57.1 Å². The van der Waals surface area contributed by atoms with Crippen LogP contribution in [0.2, 0.25) is 0 Å². The Morgan fingerprint density at radius 1 is 0.970 bits per heavy atom. The van der Waals surface area contributed by atoms with Gasteiger partial charge in [0.25, 0.3) is 5.91 Å². The topological polar surface area (TPSA) is 64.4 Å². The predicted molar refractivity (Wildman–Crippen MR) is 133 cm³/mol. The van der Waals surface area contributed by atoms with E-state index in [-0.39, 0.29) is 12.5 Å². The van der Waals surface area contributed by atoms with Gasteiger partial charge in [-0.3, -0.25) is 4.79 Å². The molecule has 0 aliphatic rings. The molecule has 4 rings (SSSR count). The van der Waals surface area contributed by atoms with Gasteiger partial charge in [-0.15, -0.1) is 0 Å². The van der Waals surface area contributed by atoms with Crippen LogP contribution in [-0.2, 0) is 4.79 Å². The van der Waals surface area contributed by atoms with E-state index in [1.807, 2.05) is 48.5 Å². The van der Waals surface area contributed by atoms with Gasteiger partial charge in [0.1, 0.15) is 11.3 Å². The average molecular weight is 443 g/mol. The smallest absolute Gasteiger partial charge is 0.262 e. The summed E-state index contributed by atoms with van der Waals surface area (Å²) in [5, 5.41) is 2.87. The molecule has 0 radical (unpaired) electrons. The normalized spacial score (nSPS) is 12.2. The van der Waals surface area contributed by atoms with Crippen LogP contribution >= 0.6 is 0 Å². The van der Waals surface area contributed by atoms with Crippen molar-refractivity contribution in [2.24, 2.45) is 0 Å². The predicted octanol–water partition coefficient (Wildman–Crippen LogP) is 7.15. The molecule has 0 spiro atoms. The summed E-state index contributed by atoms with van der Waals surface area (Å²) in [5.74, 6) is 1.99. The van der Waals surface area contributed by atoms with Crippen LogP contribution < -0.4 is 10.1 Å². The summed E-state index contributed by atoms with van der Waals surface area (Å²) in [6.45, 7) is 8.63. The summed E-state index contributed by atoms with van der Waals surface area (Å²) in [7, 11) is 0. The highest BCUT2D eigenvalue weighted by Gasteiger charge is 2.11. The largest absolute Gasteiger partial charge is 0.484 e. The van der Waals surface area contributed by atoms with E-state index < -0.39 is 0 Å². The van der Waals surface area contributed by atoms with E-state index in [0.29, 0.717) is 40.3 Å². The molecule has 5 heteroatoms. The molecule has 0 saturated heterocycles. The maximum atomic E-state index is 12.4. The molecule has 1 amide bonds. The second-order valence-corrected chi connectivity index (χ2v) is 8.69. The van der Waals surface area contributed by atoms with Gasteiger partial charge in [-0.1, -0.05) is 52.0 Å². The Bertz CT molecular complexity index is 1220. The van der Waals surface area contributed by atoms with Crippen LogP contribution in [0.15, 0.2) is 71.1 Å². The third kappa shape index (κ3) is 5.43. The van der Waals surface area contributed by atoms with Crippen molar-refractivity contribution in [2.45, 2.75) is 46.0 Å². The number of amides is 1. The minimum absolute atomic E-state index is 0.0625. The first-order valence-corrected chi connectivity index (χ1v) is 11.5. The van der Waals surface area contributed by atoms with Gasteiger partial charge < -0.3 is 14.5 Å². The van der Waals surface area contributed by atoms with Crippen LogP contribution in [0, 0.1) is 0 Å². The molecule has 33 heavy (non-hydrogen) atoms. The van der Waals surface area contributed by atoms with Crippen LogP contribution in [0.4, 0.5) is 5.69 Å². The van der Waals surface area contributed by atoms with Gasteiger partial charge in [0.2, 0.25) is 5.89 Å². The van der Waals surface area contributed by atoms with Gasteiger partial charge in [-0.25, -0.2) is 4.98 Å². The number of hydrogen-bond donors (Lipinski definition) is 1. The molecule has 0 saturated carbocycles. The fraction of sp³-hybridized carbons (Fsp3) is 0.286. The Kier molecular flexibility index (Phi) is 6.78. The van der Waals surface area contributed by atoms with E-state index >= 15 is 0 Å². The fourth-order valence-corrected chi connectivity index (χ4v) is 3.61. The van der Waals surface area contributed by atoms with Crippen LogP contribution in [0.5, 0.6) is 5.75 Å². The van der Waals surface area contributed by atoms with Gasteiger partial charge in [0.15, 0.2) is 12.2 Å². The Morgan fingerprint density at radius 2 is 1.67 bits per heavy atom. The van der Waals surface area contributed by atoms with Gasteiger partial charge in [0, 0.05) is 11.3 Å². The molecule has 0 aliphatic heterocycles. The summed E-state index contributed by atoms with van der Waals surface area (Å²) in [5.41, 5.74) is 5.48. The minimum atomic E-state index is -0.228. The molecule has 5 nitrogen and oxygen atoms in total. The van der Waals surface area contributed by atoms with Crippen molar-refractivity contribution < 1.29 is 13.9 Å². The maximum absolute atomic E-state index is 12.4. The minimum Gasteiger partial charge on any atom is -0.484 e. The van der Waals surface area contributed by atoms with Crippen molar-refractivity contribution in [3.8, 4) is 17.2 Å². The summed E-state index contributed by atoms with van der Waals surface area (Å²) in [6, 6.07) is 21.6. The number of nitrogens with zero attached hydrogens (tertiary/aromatic N) is 1. The molecule has 0 aliphatic carbocycles. The van der Waals surface area contributed by atoms with E-state index in [9.17, 15) is 4.79 Å². The molecule has 1 atom stereocenters. The summed E-state index contributed by atoms with van der Waals surface area (Å²) in [4.78, 5) is 17.0. The SMILES string of the molecule is CC[C@H](C)c1ccc(OCC(=O)Nc2ccc3oc(-c4ccc(C(C)C)cc4)nc3c2)cc1. The number of anilines is 1. The van der Waals surface area contributed by atoms with Gasteiger partial charge in [-0.05, 0) is 71.8 Å². The number of oxazole rings is 1.